The number of hydrogen-bond acceptors (Lipinski definition) is 6. The van der Waals surface area contributed by atoms with Gasteiger partial charge in [-0.05, 0) is 25.5 Å². The molecule has 1 aliphatic carbocycles. The summed E-state index contributed by atoms with van der Waals surface area (Å²) in [6.45, 7) is 2.08. The largest absolute Gasteiger partial charge is 0.389 e. The van der Waals surface area contributed by atoms with E-state index >= 15 is 0 Å². The third-order valence-corrected chi connectivity index (χ3v) is 5.01. The van der Waals surface area contributed by atoms with Crippen molar-refractivity contribution in [2.75, 3.05) is 11.4 Å². The van der Waals surface area contributed by atoms with E-state index in [9.17, 15) is 18.7 Å². The molecule has 2 aromatic heterocycles. The number of carbonyl (C=O) groups is 1. The summed E-state index contributed by atoms with van der Waals surface area (Å²) in [4.78, 5) is 25.4. The number of aliphatic hydroxyl groups excluding tert-OH is 1. The van der Waals surface area contributed by atoms with Crippen LogP contribution in [-0.4, -0.2) is 44.7 Å². The summed E-state index contributed by atoms with van der Waals surface area (Å²) in [6.07, 6.45) is 0.705. The molecule has 4 rings (SSSR count). The second-order valence-corrected chi connectivity index (χ2v) is 6.66. The first-order valence-corrected chi connectivity index (χ1v) is 8.28. The quantitative estimate of drug-likeness (QED) is 0.852. The third kappa shape index (κ3) is 2.50. The number of anilines is 1. The molecule has 0 aromatic carbocycles. The molecule has 7 nitrogen and oxygen atoms in total. The van der Waals surface area contributed by atoms with Crippen LogP contribution in [0.25, 0.3) is 11.3 Å². The molecule has 9 heteroatoms. The van der Waals surface area contributed by atoms with Gasteiger partial charge < -0.3 is 15.7 Å². The number of rotatable bonds is 3. The van der Waals surface area contributed by atoms with E-state index in [1.807, 2.05) is 0 Å². The first-order chi connectivity index (χ1) is 12.3. The van der Waals surface area contributed by atoms with Gasteiger partial charge in [-0.25, -0.2) is 9.97 Å². The summed E-state index contributed by atoms with van der Waals surface area (Å²) in [5.41, 5.74) is 6.28. The van der Waals surface area contributed by atoms with Crippen LogP contribution in [0.4, 0.5) is 14.7 Å². The van der Waals surface area contributed by atoms with E-state index in [0.717, 1.165) is 0 Å². The summed E-state index contributed by atoms with van der Waals surface area (Å²) in [5, 5.41) is 9.71. The molecule has 2 atom stereocenters. The molecule has 2 aromatic rings. The number of carbonyl (C=O) groups excluding carboxylic acids is 1. The molecular formula is C17H17F2N5O2. The zero-order chi connectivity index (χ0) is 18.6. The van der Waals surface area contributed by atoms with Crippen LogP contribution in [0.5, 0.6) is 0 Å². The van der Waals surface area contributed by atoms with E-state index in [4.69, 9.17) is 5.73 Å². The smallest absolute Gasteiger partial charge is 0.290 e. The van der Waals surface area contributed by atoms with Crippen molar-refractivity contribution in [1.82, 2.24) is 15.0 Å². The number of pyridine rings is 1. The van der Waals surface area contributed by atoms with Crippen molar-refractivity contribution in [1.29, 1.82) is 0 Å². The highest BCUT2D eigenvalue weighted by Gasteiger charge is 2.45. The van der Waals surface area contributed by atoms with Gasteiger partial charge in [0.25, 0.3) is 11.8 Å². The molecule has 3 heterocycles. The van der Waals surface area contributed by atoms with Crippen molar-refractivity contribution in [2.45, 2.75) is 37.8 Å². The monoisotopic (exact) mass is 361 g/mol. The average molecular weight is 361 g/mol. The van der Waals surface area contributed by atoms with E-state index in [-0.39, 0.29) is 36.2 Å². The highest BCUT2D eigenvalue weighted by molar-refractivity contribution is 5.91. The number of halogens is 2. The Morgan fingerprint density at radius 2 is 2.15 bits per heavy atom. The molecule has 0 radical (unpaired) electrons. The molecule has 0 saturated carbocycles. The topological polar surface area (TPSA) is 105 Å². The van der Waals surface area contributed by atoms with Crippen molar-refractivity contribution >= 4 is 11.9 Å². The SMILES string of the molecule is C[C@H]1[C@H](O)CN1c1nc(-c2ccc(C(N)=O)nc2)c2c(n1)C(F)(F)CC2. The van der Waals surface area contributed by atoms with Gasteiger partial charge in [0.05, 0.1) is 17.8 Å². The van der Waals surface area contributed by atoms with Gasteiger partial charge in [-0.2, -0.15) is 8.78 Å². The Balaban J connectivity index is 1.83. The van der Waals surface area contributed by atoms with Crippen LogP contribution in [0.1, 0.15) is 35.1 Å². The van der Waals surface area contributed by atoms with E-state index in [1.165, 1.54) is 12.3 Å². The van der Waals surface area contributed by atoms with E-state index in [2.05, 4.69) is 15.0 Å². The minimum Gasteiger partial charge on any atom is -0.389 e. The molecular weight excluding hydrogens is 344 g/mol. The number of aromatic nitrogens is 3. The predicted molar refractivity (Wildman–Crippen MR) is 88.8 cm³/mol. The lowest BCUT2D eigenvalue weighted by Gasteiger charge is -2.43. The minimum absolute atomic E-state index is 0.0875. The van der Waals surface area contributed by atoms with Crippen LogP contribution >= 0.6 is 0 Å². The van der Waals surface area contributed by atoms with Gasteiger partial charge in [0, 0.05) is 30.3 Å². The van der Waals surface area contributed by atoms with Crippen LogP contribution in [0.15, 0.2) is 18.3 Å². The molecule has 136 valence electrons. The first kappa shape index (κ1) is 16.8. The molecule has 0 unspecified atom stereocenters. The Morgan fingerprint density at radius 1 is 1.38 bits per heavy atom. The van der Waals surface area contributed by atoms with Gasteiger partial charge in [0.1, 0.15) is 11.4 Å². The molecule has 0 spiro atoms. The number of nitrogens with two attached hydrogens (primary N) is 1. The van der Waals surface area contributed by atoms with Gasteiger partial charge in [0.2, 0.25) is 5.95 Å². The maximum atomic E-state index is 14.3. The van der Waals surface area contributed by atoms with Crippen molar-refractivity contribution in [2.24, 2.45) is 5.73 Å². The van der Waals surface area contributed by atoms with Gasteiger partial charge in [-0.15, -0.1) is 0 Å². The fraction of sp³-hybridized carbons (Fsp3) is 0.412. The number of aliphatic hydroxyl groups is 1. The lowest BCUT2D eigenvalue weighted by Crippen LogP contribution is -2.59. The summed E-state index contributed by atoms with van der Waals surface area (Å²) in [5.74, 6) is -3.52. The molecule has 2 aliphatic rings. The molecule has 1 aliphatic heterocycles. The molecule has 1 amide bonds. The lowest BCUT2D eigenvalue weighted by atomic mass is 10.0. The molecule has 26 heavy (non-hydrogen) atoms. The summed E-state index contributed by atoms with van der Waals surface area (Å²) < 4.78 is 28.6. The average Bonchev–Trinajstić information content (AvgIpc) is 2.93. The van der Waals surface area contributed by atoms with Crippen LogP contribution in [0, 0.1) is 0 Å². The minimum atomic E-state index is -3.02. The Hall–Kier alpha value is -2.68. The molecule has 1 saturated heterocycles. The van der Waals surface area contributed by atoms with E-state index in [1.54, 1.807) is 17.9 Å². The van der Waals surface area contributed by atoms with E-state index in [0.29, 0.717) is 23.4 Å². The van der Waals surface area contributed by atoms with Crippen LogP contribution in [0.3, 0.4) is 0 Å². The third-order valence-electron chi connectivity index (χ3n) is 5.01. The highest BCUT2D eigenvalue weighted by Crippen LogP contribution is 2.44. The van der Waals surface area contributed by atoms with Gasteiger partial charge in [-0.1, -0.05) is 0 Å². The van der Waals surface area contributed by atoms with E-state index < -0.39 is 17.9 Å². The van der Waals surface area contributed by atoms with Crippen molar-refractivity contribution in [3.63, 3.8) is 0 Å². The Bertz CT molecular complexity index is 887. The number of primary amides is 1. The zero-order valence-corrected chi connectivity index (χ0v) is 14.0. The number of amides is 1. The number of fused-ring (bicyclic) bond motifs is 1. The van der Waals surface area contributed by atoms with Crippen LogP contribution < -0.4 is 10.6 Å². The lowest BCUT2D eigenvalue weighted by molar-refractivity contribution is -0.00603. The second kappa shape index (κ2) is 5.66. The fourth-order valence-electron chi connectivity index (χ4n) is 3.31. The summed E-state index contributed by atoms with van der Waals surface area (Å²) in [6, 6.07) is 2.78. The fourth-order valence-corrected chi connectivity index (χ4v) is 3.31. The van der Waals surface area contributed by atoms with Gasteiger partial charge in [0.15, 0.2) is 0 Å². The molecule has 0 bridgehead atoms. The Labute approximate surface area is 147 Å². The highest BCUT2D eigenvalue weighted by atomic mass is 19.3. The molecule has 3 N–H and O–H groups in total. The standard InChI is InChI=1S/C17H17F2N5O2/c1-8-12(25)7-24(8)16-22-13(9-2-3-11(15(20)26)21-6-9)10-4-5-17(18,19)14(10)23-16/h2-3,6,8,12,25H,4-5,7H2,1H3,(H2,20,26)/t8-,12+/m0/s1. The number of hydrogen-bond donors (Lipinski definition) is 2. The molecule has 1 fully saturated rings. The first-order valence-electron chi connectivity index (χ1n) is 8.28. The van der Waals surface area contributed by atoms with Gasteiger partial charge >= 0.3 is 0 Å². The Morgan fingerprint density at radius 3 is 2.73 bits per heavy atom. The summed E-state index contributed by atoms with van der Waals surface area (Å²) >= 11 is 0. The zero-order valence-electron chi connectivity index (χ0n) is 14.0. The summed E-state index contributed by atoms with van der Waals surface area (Å²) in [7, 11) is 0. The Kier molecular flexibility index (Phi) is 3.65. The predicted octanol–water partition coefficient (Wildman–Crippen LogP) is 1.24. The van der Waals surface area contributed by atoms with Crippen LogP contribution in [-0.2, 0) is 12.3 Å². The number of alkyl halides is 2. The maximum Gasteiger partial charge on any atom is 0.290 e. The van der Waals surface area contributed by atoms with Gasteiger partial charge in [-0.3, -0.25) is 9.78 Å². The van der Waals surface area contributed by atoms with Crippen molar-refractivity contribution in [3.05, 3.63) is 35.3 Å². The van der Waals surface area contributed by atoms with Crippen molar-refractivity contribution in [3.8, 4) is 11.3 Å². The number of β-amino-alcohol motifs (C(OH)–C–C–N with tert-alkyl or cyclic N) is 1. The van der Waals surface area contributed by atoms with Crippen molar-refractivity contribution < 1.29 is 18.7 Å². The maximum absolute atomic E-state index is 14.3. The second-order valence-electron chi connectivity index (χ2n) is 6.66. The van der Waals surface area contributed by atoms with Crippen LogP contribution in [0.2, 0.25) is 0 Å². The number of nitrogens with zero attached hydrogens (tertiary/aromatic N) is 4. The normalized spacial score (nSPS) is 23.5.